The number of anilines is 1. The smallest absolute Gasteiger partial charge is 0.204 e. The van der Waals surface area contributed by atoms with Gasteiger partial charge in [0.1, 0.15) is 0 Å². The summed E-state index contributed by atoms with van der Waals surface area (Å²) in [5.74, 6) is 2.44. The number of halogens is 2. The number of piperidine rings is 1. The summed E-state index contributed by atoms with van der Waals surface area (Å²) in [4.78, 5) is 11.1. The van der Waals surface area contributed by atoms with Crippen molar-refractivity contribution in [1.29, 1.82) is 5.26 Å². The minimum absolute atomic E-state index is 0.263. The molecule has 3 atom stereocenters. The fraction of sp³-hybridized carbons (Fsp3) is 0.517. The van der Waals surface area contributed by atoms with Gasteiger partial charge in [0, 0.05) is 12.6 Å². The van der Waals surface area contributed by atoms with Gasteiger partial charge in [-0.15, -0.1) is 0 Å². The lowest BCUT2D eigenvalue weighted by molar-refractivity contribution is 0.334. The molecule has 1 aliphatic heterocycles. The first kappa shape index (κ1) is 24.1. The van der Waals surface area contributed by atoms with Gasteiger partial charge in [0.05, 0.1) is 32.7 Å². The molecule has 0 amide bonds. The third-order valence-corrected chi connectivity index (χ3v) is 9.70. The van der Waals surface area contributed by atoms with Crippen molar-refractivity contribution in [1.82, 2.24) is 15.3 Å². The SMILES string of the molecule is N#Cc1cccc([C@]23CC[C@@H](N(CCCC4CCNCC4)c4nc5cc(Cl)c(Cl)cc5[nH]4)CC2C3)c1. The molecule has 2 heterocycles. The lowest BCUT2D eigenvalue weighted by Crippen LogP contribution is -2.41. The minimum atomic E-state index is 0.263. The average Bonchev–Trinajstić information content (AvgIpc) is 3.52. The number of H-pyrrole nitrogens is 1. The highest BCUT2D eigenvalue weighted by molar-refractivity contribution is 6.42. The topological polar surface area (TPSA) is 67.7 Å². The Morgan fingerprint density at radius 3 is 2.75 bits per heavy atom. The van der Waals surface area contributed by atoms with Crippen molar-refractivity contribution < 1.29 is 0 Å². The summed E-state index contributed by atoms with van der Waals surface area (Å²) in [7, 11) is 0. The predicted octanol–water partition coefficient (Wildman–Crippen LogP) is 6.84. The molecule has 188 valence electrons. The maximum absolute atomic E-state index is 9.38. The standard InChI is InChI=1S/C29H33Cl2N5/c30-24-15-26-27(16-25(24)31)35-28(34-26)36(12-2-4-19-7-10-33-11-8-19)23-6-9-29(17-22(29)14-23)21-5-1-3-20(13-21)18-32/h1,3,5,13,15-16,19,22-23,33H,2,4,6-12,14,17H2,(H,34,35)/t22?,23-,29-/m1/s1. The highest BCUT2D eigenvalue weighted by Crippen LogP contribution is 2.63. The highest BCUT2D eigenvalue weighted by atomic mass is 35.5. The molecule has 0 spiro atoms. The normalized spacial score (nSPS) is 25.9. The third kappa shape index (κ3) is 4.60. The zero-order valence-corrected chi connectivity index (χ0v) is 22.1. The summed E-state index contributed by atoms with van der Waals surface area (Å²) in [6.07, 6.45) is 9.74. The molecule has 7 heteroatoms. The van der Waals surface area contributed by atoms with Crippen LogP contribution in [0.5, 0.6) is 0 Å². The fourth-order valence-corrected chi connectivity index (χ4v) is 7.18. The van der Waals surface area contributed by atoms with E-state index in [-0.39, 0.29) is 5.41 Å². The summed E-state index contributed by atoms with van der Waals surface area (Å²) < 4.78 is 0. The summed E-state index contributed by atoms with van der Waals surface area (Å²) in [6, 6.07) is 14.8. The zero-order chi connectivity index (χ0) is 24.7. The molecule has 2 aliphatic carbocycles. The van der Waals surface area contributed by atoms with Crippen molar-refractivity contribution in [3.05, 3.63) is 57.6 Å². The monoisotopic (exact) mass is 521 g/mol. The van der Waals surface area contributed by atoms with Crippen molar-refractivity contribution in [2.75, 3.05) is 24.5 Å². The first-order valence-electron chi connectivity index (χ1n) is 13.4. The van der Waals surface area contributed by atoms with Crippen LogP contribution >= 0.6 is 23.2 Å². The number of nitriles is 1. The number of rotatable bonds is 7. The van der Waals surface area contributed by atoms with E-state index in [2.05, 4.69) is 33.4 Å². The van der Waals surface area contributed by atoms with Crippen molar-refractivity contribution in [2.45, 2.75) is 62.8 Å². The van der Waals surface area contributed by atoms with Crippen molar-refractivity contribution in [2.24, 2.45) is 11.8 Å². The van der Waals surface area contributed by atoms with Crippen LogP contribution in [0.15, 0.2) is 36.4 Å². The number of hydrogen-bond acceptors (Lipinski definition) is 4. The molecule has 3 fully saturated rings. The van der Waals surface area contributed by atoms with E-state index in [1.165, 1.54) is 50.5 Å². The second-order valence-corrected chi connectivity index (χ2v) is 11.9. The van der Waals surface area contributed by atoms with E-state index < -0.39 is 0 Å². The number of nitrogens with one attached hydrogen (secondary N) is 2. The average molecular weight is 523 g/mol. The van der Waals surface area contributed by atoms with Gasteiger partial charge < -0.3 is 15.2 Å². The molecule has 6 rings (SSSR count). The number of aromatic amines is 1. The van der Waals surface area contributed by atoms with Crippen LogP contribution in [-0.2, 0) is 5.41 Å². The second-order valence-electron chi connectivity index (χ2n) is 11.1. The lowest BCUT2D eigenvalue weighted by atomic mass is 9.80. The predicted molar refractivity (Wildman–Crippen MR) is 147 cm³/mol. The Labute approximate surface area is 223 Å². The molecule has 1 saturated heterocycles. The van der Waals surface area contributed by atoms with E-state index >= 15 is 0 Å². The second kappa shape index (κ2) is 9.89. The maximum atomic E-state index is 9.38. The molecular weight excluding hydrogens is 489 g/mol. The summed E-state index contributed by atoms with van der Waals surface area (Å²) >= 11 is 12.6. The van der Waals surface area contributed by atoms with Gasteiger partial charge in [0.15, 0.2) is 0 Å². The maximum Gasteiger partial charge on any atom is 0.204 e. The van der Waals surface area contributed by atoms with Crippen LogP contribution in [0.3, 0.4) is 0 Å². The molecule has 36 heavy (non-hydrogen) atoms. The van der Waals surface area contributed by atoms with Crippen LogP contribution in [0, 0.1) is 23.2 Å². The van der Waals surface area contributed by atoms with Crippen LogP contribution in [0.4, 0.5) is 5.95 Å². The number of aromatic nitrogens is 2. The number of hydrogen-bond donors (Lipinski definition) is 2. The Morgan fingerprint density at radius 1 is 1.11 bits per heavy atom. The van der Waals surface area contributed by atoms with Gasteiger partial charge in [0.2, 0.25) is 5.95 Å². The first-order chi connectivity index (χ1) is 17.6. The summed E-state index contributed by atoms with van der Waals surface area (Å²) in [5, 5.41) is 14.0. The van der Waals surface area contributed by atoms with E-state index in [9.17, 15) is 5.26 Å². The Kier molecular flexibility index (Phi) is 6.62. The van der Waals surface area contributed by atoms with Crippen LogP contribution in [0.2, 0.25) is 10.0 Å². The number of nitrogens with zero attached hydrogens (tertiary/aromatic N) is 3. The highest BCUT2D eigenvalue weighted by Gasteiger charge is 2.58. The van der Waals surface area contributed by atoms with Crippen LogP contribution < -0.4 is 10.2 Å². The van der Waals surface area contributed by atoms with Gasteiger partial charge >= 0.3 is 0 Å². The number of imidazole rings is 1. The van der Waals surface area contributed by atoms with Gasteiger partial charge in [-0.05, 0) is 112 Å². The first-order valence-corrected chi connectivity index (χ1v) is 14.1. The van der Waals surface area contributed by atoms with E-state index in [4.69, 9.17) is 28.2 Å². The van der Waals surface area contributed by atoms with E-state index in [0.717, 1.165) is 54.5 Å². The molecular formula is C29H33Cl2N5. The molecule has 2 saturated carbocycles. The quantitative estimate of drug-likeness (QED) is 0.357. The molecule has 2 N–H and O–H groups in total. The number of fused-ring (bicyclic) bond motifs is 2. The molecule has 1 aromatic heterocycles. The van der Waals surface area contributed by atoms with Crippen molar-refractivity contribution in [3.8, 4) is 6.07 Å². The van der Waals surface area contributed by atoms with Gasteiger partial charge in [0.25, 0.3) is 0 Å². The lowest BCUT2D eigenvalue weighted by Gasteiger charge is -2.37. The van der Waals surface area contributed by atoms with E-state index in [0.29, 0.717) is 22.0 Å². The largest absolute Gasteiger partial charge is 0.339 e. The van der Waals surface area contributed by atoms with Gasteiger partial charge in [-0.2, -0.15) is 5.26 Å². The Morgan fingerprint density at radius 2 is 1.94 bits per heavy atom. The molecule has 5 nitrogen and oxygen atoms in total. The summed E-state index contributed by atoms with van der Waals surface area (Å²) in [5.41, 5.74) is 4.20. The van der Waals surface area contributed by atoms with Crippen molar-refractivity contribution in [3.63, 3.8) is 0 Å². The third-order valence-electron chi connectivity index (χ3n) is 8.97. The Balaban J connectivity index is 1.22. The number of benzene rings is 2. The molecule has 1 unspecified atom stereocenters. The Bertz CT molecular complexity index is 1250. The minimum Gasteiger partial charge on any atom is -0.339 e. The van der Waals surface area contributed by atoms with Crippen LogP contribution in [-0.4, -0.2) is 35.6 Å². The summed E-state index contributed by atoms with van der Waals surface area (Å²) in [6.45, 7) is 3.32. The van der Waals surface area contributed by atoms with Crippen LogP contribution in [0.25, 0.3) is 11.0 Å². The molecule has 0 radical (unpaired) electrons. The van der Waals surface area contributed by atoms with Crippen LogP contribution in [0.1, 0.15) is 62.5 Å². The van der Waals surface area contributed by atoms with Gasteiger partial charge in [-0.1, -0.05) is 35.3 Å². The molecule has 2 aromatic carbocycles. The van der Waals surface area contributed by atoms with E-state index in [1.807, 2.05) is 24.3 Å². The van der Waals surface area contributed by atoms with Crippen molar-refractivity contribution >= 4 is 40.2 Å². The molecule has 3 aromatic rings. The molecule has 0 bridgehead atoms. The van der Waals surface area contributed by atoms with Gasteiger partial charge in [-0.3, -0.25) is 0 Å². The molecule has 3 aliphatic rings. The fourth-order valence-electron chi connectivity index (χ4n) is 6.86. The van der Waals surface area contributed by atoms with Gasteiger partial charge in [-0.25, -0.2) is 4.98 Å². The Hall–Kier alpha value is -2.26. The zero-order valence-electron chi connectivity index (χ0n) is 20.6. The van der Waals surface area contributed by atoms with E-state index in [1.54, 1.807) is 0 Å².